The lowest BCUT2D eigenvalue weighted by atomic mass is 10.0. The second kappa shape index (κ2) is 7.33. The molecule has 0 atom stereocenters. The van der Waals surface area contributed by atoms with Gasteiger partial charge in [-0.15, -0.1) is 0 Å². The predicted octanol–water partition coefficient (Wildman–Crippen LogP) is 2.77. The van der Waals surface area contributed by atoms with Crippen LogP contribution in [-0.2, 0) is 22.6 Å². The van der Waals surface area contributed by atoms with Crippen molar-refractivity contribution in [3.05, 3.63) is 28.8 Å². The number of hydrogen-bond acceptors (Lipinski definition) is 5. The van der Waals surface area contributed by atoms with E-state index in [1.807, 2.05) is 0 Å². The summed E-state index contributed by atoms with van der Waals surface area (Å²) < 4.78 is 42.2. The van der Waals surface area contributed by atoms with Crippen molar-refractivity contribution in [3.8, 4) is 6.07 Å². The van der Waals surface area contributed by atoms with Crippen LogP contribution in [0.4, 0.5) is 13.2 Å². The molecule has 21 heavy (non-hydrogen) atoms. The van der Waals surface area contributed by atoms with E-state index in [4.69, 9.17) is 10.00 Å². The number of aliphatic hydroxyl groups is 1. The highest BCUT2D eigenvalue weighted by Gasteiger charge is 2.32. The molecule has 0 saturated heterocycles. The zero-order valence-corrected chi connectivity index (χ0v) is 11.8. The molecule has 4 nitrogen and oxygen atoms in total. The SMILES string of the molecule is CCOC(=O)Cc1cc(C#N)c(SC(F)(F)F)c(CO)c1. The smallest absolute Gasteiger partial charge is 0.446 e. The zero-order chi connectivity index (χ0) is 16.0. The molecule has 0 bridgehead atoms. The lowest BCUT2D eigenvalue weighted by molar-refractivity contribution is -0.142. The number of hydrogen-bond donors (Lipinski definition) is 1. The Morgan fingerprint density at radius 3 is 2.62 bits per heavy atom. The summed E-state index contributed by atoms with van der Waals surface area (Å²) in [6.07, 6.45) is -0.174. The molecule has 8 heteroatoms. The van der Waals surface area contributed by atoms with Gasteiger partial charge >= 0.3 is 11.5 Å². The van der Waals surface area contributed by atoms with E-state index < -0.39 is 29.8 Å². The fourth-order valence-electron chi connectivity index (χ4n) is 1.67. The van der Waals surface area contributed by atoms with Crippen LogP contribution in [0.15, 0.2) is 17.0 Å². The maximum absolute atomic E-state index is 12.5. The molecule has 1 N–H and O–H groups in total. The van der Waals surface area contributed by atoms with Crippen LogP contribution >= 0.6 is 11.8 Å². The number of aliphatic hydroxyl groups excluding tert-OH is 1. The second-order valence-corrected chi connectivity index (χ2v) is 5.01. The molecule has 0 spiro atoms. The number of nitriles is 1. The van der Waals surface area contributed by atoms with Crippen LogP contribution in [0.25, 0.3) is 0 Å². The van der Waals surface area contributed by atoms with Crippen molar-refractivity contribution in [1.29, 1.82) is 5.26 Å². The van der Waals surface area contributed by atoms with Crippen LogP contribution in [0.5, 0.6) is 0 Å². The van der Waals surface area contributed by atoms with Gasteiger partial charge in [-0.2, -0.15) is 18.4 Å². The Labute approximate surface area is 123 Å². The number of halogens is 3. The van der Waals surface area contributed by atoms with Crippen molar-refractivity contribution < 1.29 is 27.8 Å². The number of rotatable bonds is 5. The van der Waals surface area contributed by atoms with E-state index in [0.29, 0.717) is 5.56 Å². The fourth-order valence-corrected chi connectivity index (χ4v) is 2.37. The summed E-state index contributed by atoms with van der Waals surface area (Å²) >= 11 is -0.458. The minimum Gasteiger partial charge on any atom is -0.466 e. The summed E-state index contributed by atoms with van der Waals surface area (Å²) in [5, 5.41) is 18.2. The third-order valence-electron chi connectivity index (χ3n) is 2.39. The Balaban J connectivity index is 3.18. The lowest BCUT2D eigenvalue weighted by Gasteiger charge is -2.13. The van der Waals surface area contributed by atoms with Gasteiger partial charge in [0.1, 0.15) is 6.07 Å². The summed E-state index contributed by atoms with van der Waals surface area (Å²) in [6.45, 7) is 1.14. The number of carbonyl (C=O) groups is 1. The standard InChI is InChI=1S/C13H12F3NO3S/c1-2-20-11(19)5-8-3-9(6-17)12(10(4-8)7-18)21-13(14,15)16/h3-4,18H,2,5,7H2,1H3. The molecule has 0 fully saturated rings. The number of nitrogens with zero attached hydrogens (tertiary/aromatic N) is 1. The van der Waals surface area contributed by atoms with E-state index in [-0.39, 0.29) is 29.1 Å². The Bertz CT molecular complexity index is 567. The average Bonchev–Trinajstić information content (AvgIpc) is 2.38. The van der Waals surface area contributed by atoms with Crippen LogP contribution in [-0.4, -0.2) is 23.2 Å². The van der Waals surface area contributed by atoms with Crippen LogP contribution in [0.1, 0.15) is 23.6 Å². The second-order valence-electron chi connectivity index (χ2n) is 3.93. The third-order valence-corrected chi connectivity index (χ3v) is 3.31. The Hall–Kier alpha value is -1.72. The first kappa shape index (κ1) is 17.3. The first-order chi connectivity index (χ1) is 9.80. The highest BCUT2D eigenvalue weighted by Crippen LogP contribution is 2.40. The van der Waals surface area contributed by atoms with E-state index in [9.17, 15) is 23.1 Å². The van der Waals surface area contributed by atoms with E-state index in [1.54, 1.807) is 13.0 Å². The molecule has 0 aromatic heterocycles. The summed E-state index contributed by atoms with van der Waals surface area (Å²) in [7, 11) is 0. The summed E-state index contributed by atoms with van der Waals surface area (Å²) in [5.74, 6) is -0.554. The molecule has 0 amide bonds. The lowest BCUT2D eigenvalue weighted by Crippen LogP contribution is -2.09. The molecule has 0 radical (unpaired) electrons. The molecule has 114 valence electrons. The molecule has 0 aliphatic carbocycles. The largest absolute Gasteiger partial charge is 0.466 e. The number of thioether (sulfide) groups is 1. The van der Waals surface area contributed by atoms with Gasteiger partial charge in [0.15, 0.2) is 0 Å². The predicted molar refractivity (Wildman–Crippen MR) is 69.3 cm³/mol. The van der Waals surface area contributed by atoms with E-state index in [0.717, 1.165) is 0 Å². The molecular weight excluding hydrogens is 307 g/mol. The quantitative estimate of drug-likeness (QED) is 0.667. The van der Waals surface area contributed by atoms with Gasteiger partial charge in [0, 0.05) is 4.90 Å². The normalized spacial score (nSPS) is 11.0. The number of alkyl halides is 3. The zero-order valence-electron chi connectivity index (χ0n) is 11.0. The van der Waals surface area contributed by atoms with Crippen LogP contribution < -0.4 is 0 Å². The van der Waals surface area contributed by atoms with Crippen molar-refractivity contribution >= 4 is 17.7 Å². The number of ether oxygens (including phenoxy) is 1. The van der Waals surface area contributed by atoms with Gasteiger partial charge in [-0.05, 0) is 35.9 Å². The molecule has 0 heterocycles. The molecule has 0 unspecified atom stereocenters. The Morgan fingerprint density at radius 1 is 1.48 bits per heavy atom. The van der Waals surface area contributed by atoms with E-state index in [1.165, 1.54) is 12.1 Å². The first-order valence-corrected chi connectivity index (χ1v) is 6.70. The minimum absolute atomic E-state index is 0.0457. The maximum Gasteiger partial charge on any atom is 0.446 e. The van der Waals surface area contributed by atoms with Crippen molar-refractivity contribution in [2.75, 3.05) is 6.61 Å². The monoisotopic (exact) mass is 319 g/mol. The summed E-state index contributed by atoms with van der Waals surface area (Å²) in [6, 6.07) is 4.12. The van der Waals surface area contributed by atoms with Crippen LogP contribution in [0, 0.1) is 11.3 Å². The van der Waals surface area contributed by atoms with Gasteiger partial charge in [0.25, 0.3) is 0 Å². The van der Waals surface area contributed by atoms with Gasteiger partial charge in [-0.1, -0.05) is 6.07 Å². The molecule has 1 aromatic carbocycles. The summed E-state index contributed by atoms with van der Waals surface area (Å²) in [4.78, 5) is 11.0. The molecule has 0 saturated carbocycles. The molecule has 1 rings (SSSR count). The van der Waals surface area contributed by atoms with Gasteiger partial charge in [0.2, 0.25) is 0 Å². The number of carbonyl (C=O) groups excluding carboxylic acids is 1. The van der Waals surface area contributed by atoms with Crippen LogP contribution in [0.2, 0.25) is 0 Å². The molecule has 1 aromatic rings. The molecular formula is C13H12F3NO3S. The fraction of sp³-hybridized carbons (Fsp3) is 0.385. The topological polar surface area (TPSA) is 70.3 Å². The highest BCUT2D eigenvalue weighted by molar-refractivity contribution is 8.00. The van der Waals surface area contributed by atoms with Crippen molar-refractivity contribution in [2.45, 2.75) is 30.4 Å². The van der Waals surface area contributed by atoms with Crippen molar-refractivity contribution in [3.63, 3.8) is 0 Å². The van der Waals surface area contributed by atoms with Crippen molar-refractivity contribution in [2.24, 2.45) is 0 Å². The Kier molecular flexibility index (Phi) is 6.05. The van der Waals surface area contributed by atoms with Gasteiger partial charge < -0.3 is 9.84 Å². The van der Waals surface area contributed by atoms with Crippen molar-refractivity contribution in [1.82, 2.24) is 0 Å². The molecule has 0 aliphatic heterocycles. The van der Waals surface area contributed by atoms with Gasteiger partial charge in [-0.25, -0.2) is 0 Å². The molecule has 0 aliphatic rings. The number of esters is 1. The Morgan fingerprint density at radius 2 is 2.14 bits per heavy atom. The van der Waals surface area contributed by atoms with Gasteiger partial charge in [-0.3, -0.25) is 4.79 Å². The number of benzene rings is 1. The van der Waals surface area contributed by atoms with E-state index in [2.05, 4.69) is 0 Å². The highest BCUT2D eigenvalue weighted by atomic mass is 32.2. The van der Waals surface area contributed by atoms with Gasteiger partial charge in [0.05, 0.1) is 25.2 Å². The first-order valence-electron chi connectivity index (χ1n) is 5.88. The maximum atomic E-state index is 12.5. The summed E-state index contributed by atoms with van der Waals surface area (Å²) in [5.41, 5.74) is -4.53. The minimum atomic E-state index is -4.57. The average molecular weight is 319 g/mol. The van der Waals surface area contributed by atoms with E-state index >= 15 is 0 Å². The van der Waals surface area contributed by atoms with Crippen LogP contribution in [0.3, 0.4) is 0 Å². The third kappa shape index (κ3) is 5.28.